The van der Waals surface area contributed by atoms with Crippen LogP contribution in [0.3, 0.4) is 0 Å². The maximum atomic E-state index is 12.3. The summed E-state index contributed by atoms with van der Waals surface area (Å²) < 4.78 is 10.4. The molecule has 120 valence electrons. The molecular weight excluding hydrogens is 268 g/mol. The topological polar surface area (TPSA) is 50.8 Å². The standard InChI is InChI=1S/C16H28N2O3/c1-20-10-9-18(13-5-6-13)14-7-8-16(11-14,15(19)21-2)17-12-3-4-12/h12-14,17H,3-11H2,1-2H3. The van der Waals surface area contributed by atoms with Crippen molar-refractivity contribution in [2.24, 2.45) is 0 Å². The van der Waals surface area contributed by atoms with Crippen LogP contribution in [0.5, 0.6) is 0 Å². The maximum absolute atomic E-state index is 12.3. The first-order chi connectivity index (χ1) is 10.2. The predicted molar refractivity (Wildman–Crippen MR) is 80.1 cm³/mol. The molecule has 3 aliphatic rings. The minimum atomic E-state index is -0.444. The summed E-state index contributed by atoms with van der Waals surface area (Å²) in [6.07, 6.45) is 7.84. The van der Waals surface area contributed by atoms with Gasteiger partial charge in [-0.05, 0) is 44.9 Å². The van der Waals surface area contributed by atoms with Crippen molar-refractivity contribution in [1.82, 2.24) is 10.2 Å². The molecule has 3 fully saturated rings. The second-order valence-corrected chi connectivity index (χ2v) is 6.85. The van der Waals surface area contributed by atoms with Crippen molar-refractivity contribution in [2.45, 2.75) is 68.6 Å². The van der Waals surface area contributed by atoms with Gasteiger partial charge in [0.05, 0.1) is 13.7 Å². The third-order valence-corrected chi connectivity index (χ3v) is 5.16. The van der Waals surface area contributed by atoms with Gasteiger partial charge >= 0.3 is 5.97 Å². The average molecular weight is 296 g/mol. The molecule has 0 aromatic carbocycles. The van der Waals surface area contributed by atoms with Crippen LogP contribution in [0.1, 0.15) is 44.9 Å². The zero-order valence-corrected chi connectivity index (χ0v) is 13.3. The summed E-state index contributed by atoms with van der Waals surface area (Å²) in [5.41, 5.74) is -0.444. The van der Waals surface area contributed by atoms with Crippen molar-refractivity contribution in [2.75, 3.05) is 27.4 Å². The number of hydrogen-bond acceptors (Lipinski definition) is 5. The van der Waals surface area contributed by atoms with Gasteiger partial charge in [-0.25, -0.2) is 0 Å². The molecule has 0 aromatic rings. The summed E-state index contributed by atoms with van der Waals surface area (Å²) in [4.78, 5) is 14.9. The van der Waals surface area contributed by atoms with Crippen molar-refractivity contribution in [3.8, 4) is 0 Å². The number of esters is 1. The van der Waals surface area contributed by atoms with Gasteiger partial charge in [0.2, 0.25) is 0 Å². The van der Waals surface area contributed by atoms with E-state index in [0.717, 1.165) is 32.4 Å². The first-order valence-corrected chi connectivity index (χ1v) is 8.29. The van der Waals surface area contributed by atoms with Crippen LogP contribution in [0.25, 0.3) is 0 Å². The largest absolute Gasteiger partial charge is 0.468 e. The van der Waals surface area contributed by atoms with Crippen LogP contribution in [0.2, 0.25) is 0 Å². The first kappa shape index (κ1) is 15.3. The van der Waals surface area contributed by atoms with Crippen LogP contribution in [-0.2, 0) is 14.3 Å². The molecule has 0 aliphatic heterocycles. The van der Waals surface area contributed by atoms with Crippen LogP contribution < -0.4 is 5.32 Å². The summed E-state index contributed by atoms with van der Waals surface area (Å²) in [5, 5.41) is 3.58. The Kier molecular flexibility index (Phi) is 4.52. The number of carbonyl (C=O) groups excluding carboxylic acids is 1. The molecule has 3 aliphatic carbocycles. The highest BCUT2D eigenvalue weighted by atomic mass is 16.5. The van der Waals surface area contributed by atoms with Crippen LogP contribution >= 0.6 is 0 Å². The van der Waals surface area contributed by atoms with Crippen molar-refractivity contribution in [1.29, 1.82) is 0 Å². The molecule has 0 aromatic heterocycles. The predicted octanol–water partition coefficient (Wildman–Crippen LogP) is 1.31. The lowest BCUT2D eigenvalue weighted by molar-refractivity contribution is -0.148. The van der Waals surface area contributed by atoms with E-state index in [-0.39, 0.29) is 5.97 Å². The summed E-state index contributed by atoms with van der Waals surface area (Å²) in [7, 11) is 3.27. The van der Waals surface area contributed by atoms with E-state index >= 15 is 0 Å². The van der Waals surface area contributed by atoms with Gasteiger partial charge in [-0.3, -0.25) is 15.0 Å². The van der Waals surface area contributed by atoms with E-state index in [1.165, 1.54) is 32.8 Å². The highest BCUT2D eigenvalue weighted by molar-refractivity contribution is 5.81. The molecule has 0 bridgehead atoms. The number of methoxy groups -OCH3 is 2. The highest BCUT2D eigenvalue weighted by Crippen LogP contribution is 2.40. The fraction of sp³-hybridized carbons (Fsp3) is 0.938. The van der Waals surface area contributed by atoms with Gasteiger partial charge in [-0.15, -0.1) is 0 Å². The highest BCUT2D eigenvalue weighted by Gasteiger charge is 2.51. The van der Waals surface area contributed by atoms with E-state index in [4.69, 9.17) is 9.47 Å². The number of carbonyl (C=O) groups is 1. The average Bonchev–Trinajstić information content (AvgIpc) is 3.39. The molecule has 2 atom stereocenters. The molecular formula is C16H28N2O3. The van der Waals surface area contributed by atoms with Gasteiger partial charge in [-0.1, -0.05) is 0 Å². The molecule has 5 heteroatoms. The molecule has 0 amide bonds. The van der Waals surface area contributed by atoms with Crippen LogP contribution in [0, 0.1) is 0 Å². The fourth-order valence-corrected chi connectivity index (χ4v) is 3.76. The smallest absolute Gasteiger partial charge is 0.326 e. The third kappa shape index (κ3) is 3.41. The molecule has 0 radical (unpaired) electrons. The van der Waals surface area contributed by atoms with E-state index in [9.17, 15) is 4.79 Å². The van der Waals surface area contributed by atoms with Crippen LogP contribution in [0.4, 0.5) is 0 Å². The molecule has 0 saturated heterocycles. The second-order valence-electron chi connectivity index (χ2n) is 6.85. The van der Waals surface area contributed by atoms with Crippen molar-refractivity contribution < 1.29 is 14.3 Å². The normalized spacial score (nSPS) is 32.6. The molecule has 0 heterocycles. The lowest BCUT2D eigenvalue weighted by Crippen LogP contribution is -2.53. The third-order valence-electron chi connectivity index (χ3n) is 5.16. The number of ether oxygens (including phenoxy) is 2. The SMILES string of the molecule is COCCN(C1CC1)C1CCC(NC2CC2)(C(=O)OC)C1. The van der Waals surface area contributed by atoms with Crippen molar-refractivity contribution in [3.05, 3.63) is 0 Å². The lowest BCUT2D eigenvalue weighted by Gasteiger charge is -2.32. The Morgan fingerprint density at radius 1 is 1.19 bits per heavy atom. The Bertz CT molecular complexity index is 382. The number of hydrogen-bond donors (Lipinski definition) is 1. The molecule has 3 saturated carbocycles. The molecule has 1 N–H and O–H groups in total. The van der Waals surface area contributed by atoms with E-state index in [1.807, 2.05) is 0 Å². The number of rotatable bonds is 8. The summed E-state index contributed by atoms with van der Waals surface area (Å²) >= 11 is 0. The Morgan fingerprint density at radius 3 is 2.52 bits per heavy atom. The molecule has 2 unspecified atom stereocenters. The Labute approximate surface area is 127 Å². The minimum Gasteiger partial charge on any atom is -0.468 e. The quantitative estimate of drug-likeness (QED) is 0.685. The zero-order valence-electron chi connectivity index (χ0n) is 13.3. The van der Waals surface area contributed by atoms with Gasteiger partial charge in [0.15, 0.2) is 0 Å². The van der Waals surface area contributed by atoms with E-state index in [1.54, 1.807) is 7.11 Å². The van der Waals surface area contributed by atoms with Crippen molar-refractivity contribution in [3.63, 3.8) is 0 Å². The van der Waals surface area contributed by atoms with E-state index < -0.39 is 5.54 Å². The molecule has 0 spiro atoms. The second kappa shape index (κ2) is 6.23. The molecule has 5 nitrogen and oxygen atoms in total. The maximum Gasteiger partial charge on any atom is 0.326 e. The minimum absolute atomic E-state index is 0.0700. The van der Waals surface area contributed by atoms with Gasteiger partial charge in [-0.2, -0.15) is 0 Å². The molecule has 3 rings (SSSR count). The fourth-order valence-electron chi connectivity index (χ4n) is 3.76. The first-order valence-electron chi connectivity index (χ1n) is 8.29. The van der Waals surface area contributed by atoms with Crippen LogP contribution in [0.15, 0.2) is 0 Å². The molecule has 21 heavy (non-hydrogen) atoms. The zero-order chi connectivity index (χ0) is 14.9. The Morgan fingerprint density at radius 2 is 1.95 bits per heavy atom. The van der Waals surface area contributed by atoms with Gasteiger partial charge in [0.1, 0.15) is 5.54 Å². The summed E-state index contributed by atoms with van der Waals surface area (Å²) in [5.74, 6) is -0.0700. The summed E-state index contributed by atoms with van der Waals surface area (Å²) in [6.45, 7) is 1.75. The lowest BCUT2D eigenvalue weighted by atomic mass is 9.96. The van der Waals surface area contributed by atoms with E-state index in [0.29, 0.717) is 18.1 Å². The van der Waals surface area contributed by atoms with Gasteiger partial charge in [0, 0.05) is 31.8 Å². The van der Waals surface area contributed by atoms with E-state index in [2.05, 4.69) is 10.2 Å². The monoisotopic (exact) mass is 296 g/mol. The summed E-state index contributed by atoms with van der Waals surface area (Å²) in [6, 6.07) is 1.72. The Balaban J connectivity index is 1.66. The van der Waals surface area contributed by atoms with Crippen molar-refractivity contribution >= 4 is 5.97 Å². The van der Waals surface area contributed by atoms with Gasteiger partial charge in [0.25, 0.3) is 0 Å². The van der Waals surface area contributed by atoms with Crippen LogP contribution in [-0.4, -0.2) is 61.9 Å². The van der Waals surface area contributed by atoms with Gasteiger partial charge < -0.3 is 9.47 Å². The number of nitrogens with zero attached hydrogens (tertiary/aromatic N) is 1. The Hall–Kier alpha value is -0.650. The number of nitrogens with one attached hydrogen (secondary N) is 1.